The molecule has 2 aliphatic rings. The van der Waals surface area contributed by atoms with Crippen LogP contribution in [0.25, 0.3) is 16.7 Å². The molecule has 1 aliphatic heterocycles. The van der Waals surface area contributed by atoms with Gasteiger partial charge < -0.3 is 15.3 Å². The van der Waals surface area contributed by atoms with Crippen LogP contribution in [-0.2, 0) is 0 Å². The monoisotopic (exact) mass is 583 g/mol. The number of aliphatic hydroxyl groups excluding tert-OH is 1. The Balaban J connectivity index is 1.67. The summed E-state index contributed by atoms with van der Waals surface area (Å²) in [6.07, 6.45) is -3.23. The number of hydrogen-bond donors (Lipinski definition) is 2. The number of fused-ring (bicyclic) bond motifs is 1. The molecule has 2 N–H and O–H groups in total. The Morgan fingerprint density at radius 3 is 2.39 bits per heavy atom. The quantitative estimate of drug-likeness (QED) is 0.414. The number of aliphatic hydroxyl groups is 1. The molecule has 1 saturated carbocycles. The van der Waals surface area contributed by atoms with Crippen molar-refractivity contribution in [1.29, 1.82) is 0 Å². The summed E-state index contributed by atoms with van der Waals surface area (Å²) in [5.74, 6) is -6.48. The summed E-state index contributed by atoms with van der Waals surface area (Å²) < 4.78 is 84.9. The zero-order chi connectivity index (χ0) is 29.6. The van der Waals surface area contributed by atoms with Gasteiger partial charge in [0.2, 0.25) is 5.43 Å². The van der Waals surface area contributed by atoms with E-state index in [-0.39, 0.29) is 38.4 Å². The number of alkyl halides is 3. The molecule has 1 aromatic carbocycles. The highest BCUT2D eigenvalue weighted by molar-refractivity contribution is 5.98. The van der Waals surface area contributed by atoms with Crippen LogP contribution in [0.15, 0.2) is 35.3 Å². The Bertz CT molecular complexity index is 1560. The lowest BCUT2D eigenvalue weighted by Crippen LogP contribution is -2.50. The molecule has 3 amide bonds. The maximum absolute atomic E-state index is 14.9. The molecule has 0 spiro atoms. The van der Waals surface area contributed by atoms with E-state index in [4.69, 9.17) is 0 Å². The van der Waals surface area contributed by atoms with Gasteiger partial charge in [0.05, 0.1) is 12.0 Å². The number of β-amino-alcohol motifs (C(OH)–C–C–N with tert-alkyl or cyclic N) is 1. The molecular weight excluding hydrogens is 560 g/mol. The number of benzene rings is 1. The number of pyridine rings is 2. The third kappa shape index (κ3) is 5.45. The molecule has 0 bridgehead atoms. The molecule has 2 fully saturated rings. The Morgan fingerprint density at radius 1 is 1.10 bits per heavy atom. The summed E-state index contributed by atoms with van der Waals surface area (Å²) in [6.45, 7) is 0.285. The summed E-state index contributed by atoms with van der Waals surface area (Å²) >= 11 is 0. The van der Waals surface area contributed by atoms with Gasteiger partial charge in [0.15, 0.2) is 17.3 Å². The highest BCUT2D eigenvalue weighted by Gasteiger charge is 2.50. The zero-order valence-corrected chi connectivity index (χ0v) is 21.2. The fourth-order valence-electron chi connectivity index (χ4n) is 4.88. The van der Waals surface area contributed by atoms with Crippen LogP contribution < -0.4 is 15.6 Å². The molecule has 1 saturated heterocycles. The van der Waals surface area contributed by atoms with Gasteiger partial charge in [-0.05, 0) is 37.3 Å². The van der Waals surface area contributed by atoms with Crippen LogP contribution in [0.4, 0.5) is 37.0 Å². The number of carbonyl (C=O) groups excluding carboxylic acids is 2. The van der Waals surface area contributed by atoms with Gasteiger partial charge in [-0.15, -0.1) is 0 Å². The lowest BCUT2D eigenvalue weighted by atomic mass is 10.1. The van der Waals surface area contributed by atoms with Gasteiger partial charge >= 0.3 is 12.2 Å². The van der Waals surface area contributed by atoms with E-state index in [1.54, 1.807) is 0 Å². The second-order valence-electron chi connectivity index (χ2n) is 9.83. The Labute approximate surface area is 228 Å². The first kappa shape index (κ1) is 28.4. The van der Waals surface area contributed by atoms with E-state index >= 15 is 0 Å². The van der Waals surface area contributed by atoms with Crippen molar-refractivity contribution < 1.29 is 41.0 Å². The number of nitrogens with one attached hydrogen (secondary N) is 1. The summed E-state index contributed by atoms with van der Waals surface area (Å²) in [6, 6.07) is 0.312. The highest BCUT2D eigenvalue weighted by atomic mass is 19.4. The van der Waals surface area contributed by atoms with Crippen molar-refractivity contribution in [2.24, 2.45) is 5.92 Å². The van der Waals surface area contributed by atoms with Crippen molar-refractivity contribution in [3.8, 4) is 5.69 Å². The minimum atomic E-state index is -4.80. The Morgan fingerprint density at radius 2 is 1.78 bits per heavy atom. The molecule has 3 heterocycles. The number of amides is 3. The number of carbonyl (C=O) groups is 2. The predicted molar refractivity (Wildman–Crippen MR) is 133 cm³/mol. The molecule has 0 unspecified atom stereocenters. The van der Waals surface area contributed by atoms with Crippen LogP contribution in [0.1, 0.15) is 29.6 Å². The van der Waals surface area contributed by atoms with E-state index in [2.05, 4.69) is 4.98 Å². The van der Waals surface area contributed by atoms with Crippen molar-refractivity contribution in [3.05, 3.63) is 63.7 Å². The Hall–Kier alpha value is -4.14. The second-order valence-corrected chi connectivity index (χ2v) is 9.83. The first-order valence-corrected chi connectivity index (χ1v) is 12.7. The third-order valence-corrected chi connectivity index (χ3v) is 6.99. The van der Waals surface area contributed by atoms with Crippen LogP contribution in [-0.4, -0.2) is 70.0 Å². The van der Waals surface area contributed by atoms with E-state index in [9.17, 15) is 45.8 Å². The van der Waals surface area contributed by atoms with E-state index < -0.39 is 75.2 Å². The minimum Gasteiger partial charge on any atom is -0.395 e. The van der Waals surface area contributed by atoms with Gasteiger partial charge in [0.25, 0.3) is 5.91 Å². The normalized spacial score (nSPS) is 16.8. The van der Waals surface area contributed by atoms with Gasteiger partial charge in [-0.2, -0.15) is 13.2 Å². The summed E-state index contributed by atoms with van der Waals surface area (Å²) in [5, 5.41) is 10.7. The number of aromatic nitrogens is 2. The average Bonchev–Trinajstić information content (AvgIpc) is 3.73. The Kier molecular flexibility index (Phi) is 7.40. The van der Waals surface area contributed by atoms with E-state index in [1.807, 2.05) is 5.32 Å². The third-order valence-electron chi connectivity index (χ3n) is 6.99. The highest BCUT2D eigenvalue weighted by Crippen LogP contribution is 2.40. The minimum absolute atomic E-state index is 0.0377. The van der Waals surface area contributed by atoms with Gasteiger partial charge in [0.1, 0.15) is 28.9 Å². The van der Waals surface area contributed by atoms with E-state index in [1.165, 1.54) is 15.9 Å². The van der Waals surface area contributed by atoms with Crippen LogP contribution in [0.3, 0.4) is 0 Å². The fraction of sp³-hybridized carbons (Fsp3) is 0.385. The maximum Gasteiger partial charge on any atom is 0.408 e. The van der Waals surface area contributed by atoms with Gasteiger partial charge in [-0.25, -0.2) is 22.9 Å². The molecule has 9 nitrogen and oxygen atoms in total. The molecule has 1 aliphatic carbocycles. The zero-order valence-electron chi connectivity index (χ0n) is 21.2. The van der Waals surface area contributed by atoms with Crippen LogP contribution >= 0.6 is 0 Å². The standard InChI is InChI=1S/C26H23F6N5O4/c27-14-10-17(28)20(18(29)11-14)37-12-16(24(40)34-22(13-2-3-13)26(30,31)32)21(39)15-4-5-19(33-23(15)37)36-7-1-6-35(8-9-38)25(36)41/h4-5,10-13,22,38H,1-3,6-9H2,(H,34,40)/t22-/m0/s1. The average molecular weight is 583 g/mol. The van der Waals surface area contributed by atoms with Crippen LogP contribution in [0, 0.1) is 23.4 Å². The largest absolute Gasteiger partial charge is 0.408 e. The van der Waals surface area contributed by atoms with Gasteiger partial charge in [-0.3, -0.25) is 19.1 Å². The van der Waals surface area contributed by atoms with Gasteiger partial charge in [0, 0.05) is 38.0 Å². The SMILES string of the molecule is O=C(N[C@@H](C1CC1)C(F)(F)F)c1cn(-c2c(F)cc(F)cc2F)c2nc(N3CCCN(CCO)C3=O)ccc2c1=O. The van der Waals surface area contributed by atoms with Crippen molar-refractivity contribution in [1.82, 2.24) is 19.8 Å². The predicted octanol–water partition coefficient (Wildman–Crippen LogP) is 3.50. The van der Waals surface area contributed by atoms with E-state index in [0.29, 0.717) is 35.9 Å². The molecule has 218 valence electrons. The summed E-state index contributed by atoms with van der Waals surface area (Å²) in [5.41, 5.74) is -3.31. The summed E-state index contributed by atoms with van der Waals surface area (Å²) in [7, 11) is 0. The number of urea groups is 1. The lowest BCUT2D eigenvalue weighted by molar-refractivity contribution is -0.158. The number of hydrogen-bond acceptors (Lipinski definition) is 5. The van der Waals surface area contributed by atoms with Crippen molar-refractivity contribution in [2.45, 2.75) is 31.5 Å². The first-order chi connectivity index (χ1) is 19.4. The second kappa shape index (κ2) is 10.7. The molecule has 41 heavy (non-hydrogen) atoms. The smallest absolute Gasteiger partial charge is 0.395 e. The first-order valence-electron chi connectivity index (χ1n) is 12.7. The van der Waals surface area contributed by atoms with E-state index in [0.717, 1.165) is 6.07 Å². The molecule has 0 radical (unpaired) electrons. The molecule has 2 aromatic heterocycles. The number of nitrogens with zero attached hydrogens (tertiary/aromatic N) is 4. The number of rotatable bonds is 7. The molecule has 5 rings (SSSR count). The molecule has 15 heteroatoms. The topological polar surface area (TPSA) is 108 Å². The lowest BCUT2D eigenvalue weighted by Gasteiger charge is -2.34. The fourth-order valence-corrected chi connectivity index (χ4v) is 4.88. The van der Waals surface area contributed by atoms with Crippen molar-refractivity contribution in [3.63, 3.8) is 0 Å². The summed E-state index contributed by atoms with van der Waals surface area (Å²) in [4.78, 5) is 46.1. The van der Waals surface area contributed by atoms with Gasteiger partial charge in [-0.1, -0.05) is 0 Å². The number of halogens is 6. The van der Waals surface area contributed by atoms with Crippen molar-refractivity contribution in [2.75, 3.05) is 31.1 Å². The van der Waals surface area contributed by atoms with Crippen molar-refractivity contribution >= 4 is 28.8 Å². The molecule has 3 aromatic rings. The molecule has 1 atom stereocenters. The van der Waals surface area contributed by atoms with Crippen LogP contribution in [0.2, 0.25) is 0 Å². The number of anilines is 1. The maximum atomic E-state index is 14.9. The van der Waals surface area contributed by atoms with Crippen LogP contribution in [0.5, 0.6) is 0 Å². The molecular formula is C26H23F6N5O4.